The molecule has 42 heavy (non-hydrogen) atoms. The van der Waals surface area contributed by atoms with Gasteiger partial charge in [0, 0.05) is 0 Å². The number of rotatable bonds is 3. The first-order valence-electron chi connectivity index (χ1n) is 20.9. The first-order valence-corrected chi connectivity index (χ1v) is 20.9. The van der Waals surface area contributed by atoms with Crippen molar-refractivity contribution in [2.24, 2.45) is 94.7 Å². The van der Waals surface area contributed by atoms with Crippen molar-refractivity contribution in [3.05, 3.63) is 0 Å². The maximum atomic E-state index is 1.67. The highest BCUT2D eigenvalue weighted by Gasteiger charge is 2.60. The van der Waals surface area contributed by atoms with E-state index in [1.54, 1.807) is 167 Å². The molecule has 0 aromatic carbocycles. The van der Waals surface area contributed by atoms with Crippen molar-refractivity contribution in [1.29, 1.82) is 0 Å². The van der Waals surface area contributed by atoms with Gasteiger partial charge in [0.2, 0.25) is 0 Å². The fraction of sp³-hybridized carbons (Fsp3) is 1.00. The van der Waals surface area contributed by atoms with Gasteiger partial charge in [-0.2, -0.15) is 0 Å². The number of fused-ring (bicyclic) bond motifs is 2. The first kappa shape index (κ1) is 28.2. The molecule has 0 N–H and O–H groups in total. The van der Waals surface area contributed by atoms with Gasteiger partial charge in [0.25, 0.3) is 0 Å². The highest BCUT2D eigenvalue weighted by atomic mass is 14.7. The normalized spacial score (nSPS) is 54.7. The standard InChI is InChI=1S/C42H68/c1-2-11-27(12-3-1)31-15-4-5-16-32(31)41-33-17-6-8-19-35(33)42(36-20-9-7-18-34(36)41)38-26-24-30-22-21-28-13-10-14-29-23-25-37(38)40(30)39(28)29/h27-42H,1-26H2/t28?,29?,30?,31-,32?,33?,34?,35?,36?,37?,38?,39?,40?,41?,42?/m1/s1. The van der Waals surface area contributed by atoms with Gasteiger partial charge in [0.05, 0.1) is 0 Å². The van der Waals surface area contributed by atoms with Crippen LogP contribution in [-0.2, 0) is 0 Å². The van der Waals surface area contributed by atoms with Crippen LogP contribution < -0.4 is 0 Å². The smallest absolute Gasteiger partial charge is 0.0321 e. The van der Waals surface area contributed by atoms with E-state index < -0.39 is 0 Å². The molecule has 0 heteroatoms. The van der Waals surface area contributed by atoms with E-state index in [0.29, 0.717) is 0 Å². The van der Waals surface area contributed by atoms with Gasteiger partial charge < -0.3 is 0 Å². The monoisotopic (exact) mass is 573 g/mol. The Labute approximate surface area is 261 Å². The van der Waals surface area contributed by atoms with Gasteiger partial charge in [-0.05, 0) is 172 Å². The lowest BCUT2D eigenvalue weighted by Crippen LogP contribution is -2.58. The topological polar surface area (TPSA) is 0 Å². The number of hydrogen-bond donors (Lipinski definition) is 0. The van der Waals surface area contributed by atoms with Gasteiger partial charge in [-0.15, -0.1) is 0 Å². The van der Waals surface area contributed by atoms with Crippen LogP contribution in [0, 0.1) is 94.7 Å². The van der Waals surface area contributed by atoms with Gasteiger partial charge in [0.15, 0.2) is 0 Å². The maximum absolute atomic E-state index is 1.67. The van der Waals surface area contributed by atoms with Crippen LogP contribution in [0.1, 0.15) is 167 Å². The molecule has 13 atom stereocenters. The van der Waals surface area contributed by atoms with Crippen molar-refractivity contribution < 1.29 is 0 Å². The van der Waals surface area contributed by atoms with Crippen LogP contribution in [0.2, 0.25) is 0 Å². The molecule has 0 radical (unpaired) electrons. The predicted octanol–water partition coefficient (Wildman–Crippen LogP) is 12.1. The van der Waals surface area contributed by atoms with E-state index in [-0.39, 0.29) is 0 Å². The minimum atomic E-state index is 1.12. The molecule has 0 heterocycles. The van der Waals surface area contributed by atoms with Crippen LogP contribution in [0.4, 0.5) is 0 Å². The molecule has 0 spiro atoms. The van der Waals surface area contributed by atoms with E-state index in [2.05, 4.69) is 0 Å². The summed E-state index contributed by atoms with van der Waals surface area (Å²) >= 11 is 0. The summed E-state index contributed by atoms with van der Waals surface area (Å²) in [5.74, 6) is 18.3. The predicted molar refractivity (Wildman–Crippen MR) is 176 cm³/mol. The average Bonchev–Trinajstić information content (AvgIpc) is 3.06. The Bertz CT molecular complexity index is 883. The van der Waals surface area contributed by atoms with Crippen LogP contribution in [0.5, 0.6) is 0 Å². The van der Waals surface area contributed by atoms with Crippen molar-refractivity contribution in [3.63, 3.8) is 0 Å². The van der Waals surface area contributed by atoms with Crippen LogP contribution in [-0.4, -0.2) is 0 Å². The van der Waals surface area contributed by atoms with Crippen LogP contribution in [0.3, 0.4) is 0 Å². The summed E-state index contributed by atoms with van der Waals surface area (Å²) in [6, 6.07) is 0. The molecule has 0 aliphatic heterocycles. The van der Waals surface area contributed by atoms with E-state index in [4.69, 9.17) is 0 Å². The zero-order valence-corrected chi connectivity index (χ0v) is 27.6. The molecule has 0 aromatic rings. The molecule has 12 unspecified atom stereocenters. The lowest BCUT2D eigenvalue weighted by Gasteiger charge is -2.65. The van der Waals surface area contributed by atoms with Crippen LogP contribution >= 0.6 is 0 Å². The lowest BCUT2D eigenvalue weighted by molar-refractivity contribution is -0.163. The van der Waals surface area contributed by atoms with Crippen molar-refractivity contribution in [2.75, 3.05) is 0 Å². The summed E-state index contributed by atoms with van der Waals surface area (Å²) in [6.45, 7) is 0. The Balaban J connectivity index is 1.05. The van der Waals surface area contributed by atoms with Crippen LogP contribution in [0.25, 0.3) is 0 Å². The molecule has 0 amide bonds. The molecule has 0 bridgehead atoms. The van der Waals surface area contributed by atoms with Gasteiger partial charge in [0.1, 0.15) is 0 Å². The van der Waals surface area contributed by atoms with E-state index in [9.17, 15) is 0 Å². The molecule has 0 aromatic heterocycles. The highest BCUT2D eigenvalue weighted by molar-refractivity contribution is 5.09. The Morgan fingerprint density at radius 2 is 0.500 bits per heavy atom. The third-order valence-corrected chi connectivity index (χ3v) is 17.8. The third-order valence-electron chi connectivity index (χ3n) is 17.8. The Hall–Kier alpha value is 0. The second-order valence-corrected chi connectivity index (χ2v) is 18.8. The minimum absolute atomic E-state index is 1.12. The molecule has 9 saturated carbocycles. The van der Waals surface area contributed by atoms with E-state index in [0.717, 1.165) is 82.9 Å². The van der Waals surface area contributed by atoms with Crippen LogP contribution in [0.15, 0.2) is 0 Å². The molecule has 9 aliphatic rings. The summed E-state index contributed by atoms with van der Waals surface area (Å²) in [6.07, 6.45) is 42.0. The fourth-order valence-corrected chi connectivity index (χ4v) is 16.8. The molecule has 9 fully saturated rings. The molecule has 0 saturated heterocycles. The summed E-state index contributed by atoms with van der Waals surface area (Å²) in [4.78, 5) is 0. The first-order chi connectivity index (χ1) is 20.9. The quantitative estimate of drug-likeness (QED) is 0.315. The maximum Gasteiger partial charge on any atom is -0.0321 e. The largest absolute Gasteiger partial charge is 0.0533 e. The van der Waals surface area contributed by atoms with Crippen molar-refractivity contribution in [3.8, 4) is 0 Å². The van der Waals surface area contributed by atoms with E-state index >= 15 is 0 Å². The Morgan fingerprint density at radius 1 is 0.167 bits per heavy atom. The van der Waals surface area contributed by atoms with Gasteiger partial charge in [-0.3, -0.25) is 0 Å². The average molecular weight is 573 g/mol. The zero-order chi connectivity index (χ0) is 27.6. The SMILES string of the molecule is C1CCC([C@H]2CCCCC2C2C3CCCCC3C(C3CCC4CCC5CCCC6CCC3C4C56)C3CCCCC32)CC1. The second-order valence-electron chi connectivity index (χ2n) is 18.8. The van der Waals surface area contributed by atoms with Crippen molar-refractivity contribution >= 4 is 0 Å². The van der Waals surface area contributed by atoms with Crippen molar-refractivity contribution in [2.45, 2.75) is 167 Å². The molecule has 236 valence electrons. The molecular formula is C42H68. The van der Waals surface area contributed by atoms with Crippen molar-refractivity contribution in [1.82, 2.24) is 0 Å². The highest BCUT2D eigenvalue weighted by Crippen LogP contribution is 2.68. The van der Waals surface area contributed by atoms with E-state index in [1.165, 1.54) is 11.8 Å². The fourth-order valence-electron chi connectivity index (χ4n) is 16.8. The second kappa shape index (κ2) is 12.0. The molecule has 0 nitrogen and oxygen atoms in total. The Morgan fingerprint density at radius 3 is 1.02 bits per heavy atom. The Kier molecular flexibility index (Phi) is 8.06. The summed E-state index contributed by atoms with van der Waals surface area (Å²) < 4.78 is 0. The third kappa shape index (κ3) is 4.68. The molecule has 9 rings (SSSR count). The number of hydrogen-bond acceptors (Lipinski definition) is 0. The van der Waals surface area contributed by atoms with E-state index in [1.807, 2.05) is 0 Å². The summed E-state index contributed by atoms with van der Waals surface area (Å²) in [5, 5.41) is 0. The zero-order valence-electron chi connectivity index (χ0n) is 27.6. The molecule has 9 aliphatic carbocycles. The molecular weight excluding hydrogens is 504 g/mol. The lowest BCUT2D eigenvalue weighted by atomic mass is 9.40. The minimum Gasteiger partial charge on any atom is -0.0533 e. The summed E-state index contributed by atoms with van der Waals surface area (Å²) in [5.41, 5.74) is 0. The summed E-state index contributed by atoms with van der Waals surface area (Å²) in [7, 11) is 0. The van der Waals surface area contributed by atoms with Gasteiger partial charge in [-0.1, -0.05) is 89.9 Å². The van der Waals surface area contributed by atoms with Gasteiger partial charge >= 0.3 is 0 Å². The van der Waals surface area contributed by atoms with Gasteiger partial charge in [-0.25, -0.2) is 0 Å².